The Balaban J connectivity index is 1.43. The molecule has 1 fully saturated rings. The van der Waals surface area contributed by atoms with Gasteiger partial charge in [-0.1, -0.05) is 6.07 Å². The molecule has 7 nitrogen and oxygen atoms in total. The van der Waals surface area contributed by atoms with Crippen molar-refractivity contribution in [3.63, 3.8) is 0 Å². The van der Waals surface area contributed by atoms with E-state index in [1.54, 1.807) is 38.5 Å². The van der Waals surface area contributed by atoms with Gasteiger partial charge in [0.05, 0.1) is 26.0 Å². The molecule has 8 heteroatoms. The zero-order valence-electron chi connectivity index (χ0n) is 17.4. The number of methoxy groups -OCH3 is 2. The number of amides is 1. The van der Waals surface area contributed by atoms with Crippen LogP contribution in [0.3, 0.4) is 0 Å². The van der Waals surface area contributed by atoms with E-state index < -0.39 is 0 Å². The van der Waals surface area contributed by atoms with Crippen molar-refractivity contribution in [1.82, 2.24) is 4.98 Å². The summed E-state index contributed by atoms with van der Waals surface area (Å²) in [6, 6.07) is 12.6. The van der Waals surface area contributed by atoms with Crippen LogP contribution < -0.4 is 19.5 Å². The fourth-order valence-electron chi connectivity index (χ4n) is 3.33. The molecular formula is C23H24N2O5S. The van der Waals surface area contributed by atoms with Crippen molar-refractivity contribution in [2.75, 3.05) is 32.8 Å². The van der Waals surface area contributed by atoms with Crippen LogP contribution in [-0.4, -0.2) is 44.4 Å². The number of aromatic nitrogens is 1. The van der Waals surface area contributed by atoms with Gasteiger partial charge >= 0.3 is 0 Å². The van der Waals surface area contributed by atoms with E-state index in [-0.39, 0.29) is 12.0 Å². The van der Waals surface area contributed by atoms with Gasteiger partial charge in [-0.3, -0.25) is 10.1 Å². The van der Waals surface area contributed by atoms with Crippen molar-refractivity contribution in [2.45, 2.75) is 18.9 Å². The first-order valence-electron chi connectivity index (χ1n) is 10.00. The molecule has 0 saturated carbocycles. The van der Waals surface area contributed by atoms with Crippen LogP contribution >= 0.6 is 11.3 Å². The highest BCUT2D eigenvalue weighted by molar-refractivity contribution is 7.14. The predicted octanol–water partition coefficient (Wildman–Crippen LogP) is 4.64. The second-order valence-electron chi connectivity index (χ2n) is 7.03. The highest BCUT2D eigenvalue weighted by atomic mass is 32.1. The number of benzene rings is 2. The van der Waals surface area contributed by atoms with Crippen LogP contribution in [-0.2, 0) is 4.74 Å². The summed E-state index contributed by atoms with van der Waals surface area (Å²) >= 11 is 1.35. The Labute approximate surface area is 184 Å². The van der Waals surface area contributed by atoms with Crippen LogP contribution in [0.25, 0.3) is 11.3 Å². The third kappa shape index (κ3) is 5.15. The number of hydrogen-bond donors (Lipinski definition) is 1. The number of carbonyl (C=O) groups is 1. The van der Waals surface area contributed by atoms with E-state index in [2.05, 4.69) is 10.3 Å². The molecule has 2 aromatic carbocycles. The van der Waals surface area contributed by atoms with Crippen LogP contribution in [0.2, 0.25) is 0 Å². The molecule has 1 N–H and O–H groups in total. The van der Waals surface area contributed by atoms with Gasteiger partial charge in [0.1, 0.15) is 23.9 Å². The van der Waals surface area contributed by atoms with Gasteiger partial charge in [0.15, 0.2) is 5.13 Å². The van der Waals surface area contributed by atoms with Crippen molar-refractivity contribution < 1.29 is 23.7 Å². The van der Waals surface area contributed by atoms with E-state index >= 15 is 0 Å². The quantitative estimate of drug-likeness (QED) is 0.550. The van der Waals surface area contributed by atoms with Crippen LogP contribution in [0.1, 0.15) is 23.2 Å². The SMILES string of the molecule is COc1ccc(-c2csc(NC(=O)c3cccc(OCC4CCCO4)c3)n2)c(OC)c1. The average Bonchev–Trinajstić information content (AvgIpc) is 3.49. The molecule has 3 aromatic rings. The lowest BCUT2D eigenvalue weighted by atomic mass is 10.1. The van der Waals surface area contributed by atoms with Crippen molar-refractivity contribution in [3.8, 4) is 28.5 Å². The Morgan fingerprint density at radius 1 is 1.19 bits per heavy atom. The Hall–Kier alpha value is -3.10. The number of thiazole rings is 1. The van der Waals surface area contributed by atoms with Gasteiger partial charge in [0.25, 0.3) is 5.91 Å². The minimum atomic E-state index is -0.245. The Morgan fingerprint density at radius 2 is 2.10 bits per heavy atom. The lowest BCUT2D eigenvalue weighted by Gasteiger charge is -2.12. The van der Waals surface area contributed by atoms with E-state index in [1.165, 1.54) is 11.3 Å². The maximum Gasteiger partial charge on any atom is 0.257 e. The van der Waals surface area contributed by atoms with Gasteiger partial charge in [0.2, 0.25) is 0 Å². The normalized spacial score (nSPS) is 15.5. The van der Waals surface area contributed by atoms with Crippen LogP contribution in [0.15, 0.2) is 47.8 Å². The fourth-order valence-corrected chi connectivity index (χ4v) is 4.03. The molecule has 1 aliphatic heterocycles. The molecule has 31 heavy (non-hydrogen) atoms. The number of nitrogens with zero attached hydrogens (tertiary/aromatic N) is 1. The third-order valence-corrected chi connectivity index (χ3v) is 5.72. The van der Waals surface area contributed by atoms with Crippen LogP contribution in [0.4, 0.5) is 5.13 Å². The van der Waals surface area contributed by atoms with Crippen molar-refractivity contribution in [3.05, 3.63) is 53.4 Å². The molecule has 0 aliphatic carbocycles. The highest BCUT2D eigenvalue weighted by Crippen LogP contribution is 2.35. The van der Waals surface area contributed by atoms with Crippen molar-refractivity contribution >= 4 is 22.4 Å². The van der Waals surface area contributed by atoms with Gasteiger partial charge in [-0.05, 0) is 43.2 Å². The van der Waals surface area contributed by atoms with Crippen LogP contribution in [0.5, 0.6) is 17.2 Å². The summed E-state index contributed by atoms with van der Waals surface area (Å²) in [5.74, 6) is 1.75. The Kier molecular flexibility index (Phi) is 6.69. The monoisotopic (exact) mass is 440 g/mol. The Bertz CT molecular complexity index is 1050. The average molecular weight is 441 g/mol. The summed E-state index contributed by atoms with van der Waals surface area (Å²) in [6.07, 6.45) is 2.20. The molecule has 4 rings (SSSR count). The van der Waals surface area contributed by atoms with Gasteiger partial charge in [-0.2, -0.15) is 0 Å². The number of hydrogen-bond acceptors (Lipinski definition) is 7. The van der Waals surface area contributed by atoms with E-state index in [9.17, 15) is 4.79 Å². The summed E-state index contributed by atoms with van der Waals surface area (Å²) in [7, 11) is 3.20. The molecule has 1 amide bonds. The maximum absolute atomic E-state index is 12.7. The first kappa shape index (κ1) is 21.1. The molecule has 1 atom stereocenters. The van der Waals surface area contributed by atoms with E-state index in [0.29, 0.717) is 40.2 Å². The first-order chi connectivity index (χ1) is 15.2. The number of ether oxygens (including phenoxy) is 4. The van der Waals surface area contributed by atoms with Gasteiger partial charge in [-0.15, -0.1) is 11.3 Å². The molecule has 1 saturated heterocycles. The molecule has 0 radical (unpaired) electrons. The fraction of sp³-hybridized carbons (Fsp3) is 0.304. The lowest BCUT2D eigenvalue weighted by Crippen LogP contribution is -2.17. The molecule has 0 spiro atoms. The maximum atomic E-state index is 12.7. The summed E-state index contributed by atoms with van der Waals surface area (Å²) in [4.78, 5) is 17.3. The molecule has 1 unspecified atom stereocenters. The van der Waals surface area contributed by atoms with E-state index in [4.69, 9.17) is 18.9 Å². The van der Waals surface area contributed by atoms with Gasteiger partial charge in [-0.25, -0.2) is 4.98 Å². The number of nitrogens with one attached hydrogen (secondary N) is 1. The molecular weight excluding hydrogens is 416 g/mol. The largest absolute Gasteiger partial charge is 0.497 e. The number of carbonyl (C=O) groups excluding carboxylic acids is 1. The molecule has 0 bridgehead atoms. The van der Waals surface area contributed by atoms with Crippen LogP contribution in [0, 0.1) is 0 Å². The zero-order valence-corrected chi connectivity index (χ0v) is 18.2. The third-order valence-electron chi connectivity index (χ3n) is 4.97. The summed E-state index contributed by atoms with van der Waals surface area (Å²) in [5, 5.41) is 5.23. The standard InChI is InChI=1S/C23H24N2O5S/c1-27-16-8-9-19(21(12-16)28-2)20-14-31-23(24-20)25-22(26)15-5-3-6-17(11-15)30-13-18-7-4-10-29-18/h3,5-6,8-9,11-12,14,18H,4,7,10,13H2,1-2H3,(H,24,25,26). The zero-order chi connectivity index (χ0) is 21.6. The van der Waals surface area contributed by atoms with Crippen molar-refractivity contribution in [2.24, 2.45) is 0 Å². The highest BCUT2D eigenvalue weighted by Gasteiger charge is 2.17. The van der Waals surface area contributed by atoms with Gasteiger partial charge in [0, 0.05) is 29.2 Å². The second kappa shape index (κ2) is 9.80. The molecule has 2 heterocycles. The predicted molar refractivity (Wildman–Crippen MR) is 120 cm³/mol. The summed E-state index contributed by atoms with van der Waals surface area (Å²) in [5.41, 5.74) is 2.04. The number of anilines is 1. The summed E-state index contributed by atoms with van der Waals surface area (Å²) < 4.78 is 22.1. The first-order valence-corrected chi connectivity index (χ1v) is 10.9. The van der Waals surface area contributed by atoms with E-state index in [0.717, 1.165) is 25.0 Å². The molecule has 162 valence electrons. The Morgan fingerprint density at radius 3 is 2.87 bits per heavy atom. The minimum Gasteiger partial charge on any atom is -0.497 e. The number of rotatable bonds is 8. The van der Waals surface area contributed by atoms with E-state index in [1.807, 2.05) is 23.6 Å². The van der Waals surface area contributed by atoms with Crippen molar-refractivity contribution in [1.29, 1.82) is 0 Å². The second-order valence-corrected chi connectivity index (χ2v) is 7.89. The van der Waals surface area contributed by atoms with Gasteiger partial charge < -0.3 is 18.9 Å². The molecule has 1 aromatic heterocycles. The topological polar surface area (TPSA) is 78.9 Å². The smallest absolute Gasteiger partial charge is 0.257 e. The summed E-state index contributed by atoms with van der Waals surface area (Å²) in [6.45, 7) is 1.28. The molecule has 1 aliphatic rings. The lowest BCUT2D eigenvalue weighted by molar-refractivity contribution is 0.0679. The minimum absolute atomic E-state index is 0.126.